The highest BCUT2D eigenvalue weighted by Gasteiger charge is 2.16. The summed E-state index contributed by atoms with van der Waals surface area (Å²) in [5, 5.41) is 0. The van der Waals surface area contributed by atoms with Gasteiger partial charge in [0, 0.05) is 23.8 Å². The molecule has 0 radical (unpaired) electrons. The molecule has 1 unspecified atom stereocenters. The lowest BCUT2D eigenvalue weighted by Crippen LogP contribution is -2.30. The first-order chi connectivity index (χ1) is 9.15. The van der Waals surface area contributed by atoms with Gasteiger partial charge in [-0.15, -0.1) is 0 Å². The molecule has 0 aliphatic heterocycles. The van der Waals surface area contributed by atoms with Crippen LogP contribution in [0.1, 0.15) is 18.5 Å². The van der Waals surface area contributed by atoms with E-state index in [0.29, 0.717) is 5.56 Å². The van der Waals surface area contributed by atoms with Gasteiger partial charge in [-0.2, -0.15) is 0 Å². The van der Waals surface area contributed by atoms with Crippen molar-refractivity contribution in [3.8, 4) is 0 Å². The highest BCUT2D eigenvalue weighted by Crippen LogP contribution is 2.19. The van der Waals surface area contributed by atoms with Gasteiger partial charge in [-0.05, 0) is 24.6 Å². The lowest BCUT2D eigenvalue weighted by molar-refractivity contribution is 0.216. The second-order valence-corrected chi connectivity index (χ2v) is 8.60. The van der Waals surface area contributed by atoms with Gasteiger partial charge in [0.15, 0.2) is 0 Å². The van der Waals surface area contributed by atoms with E-state index in [2.05, 4.69) is 4.72 Å². The number of hydrogen-bond donors (Lipinski definition) is 1. The molecule has 6 nitrogen and oxygen atoms in total. The number of hydrogen-bond acceptors (Lipinski definition) is 5. The van der Waals surface area contributed by atoms with Crippen LogP contribution in [0.2, 0.25) is 0 Å². The van der Waals surface area contributed by atoms with Crippen molar-refractivity contribution in [2.24, 2.45) is 0 Å². The zero-order valence-corrected chi connectivity index (χ0v) is 13.4. The van der Waals surface area contributed by atoms with Gasteiger partial charge in [0.25, 0.3) is 9.05 Å². The van der Waals surface area contributed by atoms with Crippen LogP contribution < -0.4 is 4.72 Å². The van der Waals surface area contributed by atoms with Crippen LogP contribution in [0.3, 0.4) is 0 Å². The normalized spacial score (nSPS) is 14.2. The predicted molar refractivity (Wildman–Crippen MR) is 76.7 cm³/mol. The molecule has 1 N–H and O–H groups in total. The van der Waals surface area contributed by atoms with E-state index < -0.39 is 25.1 Å². The van der Waals surface area contributed by atoms with Crippen LogP contribution in [0, 0.1) is 0 Å². The van der Waals surface area contributed by atoms with E-state index in [1.807, 2.05) is 0 Å². The topological polar surface area (TPSA) is 89.5 Å². The van der Waals surface area contributed by atoms with Crippen molar-refractivity contribution >= 4 is 29.8 Å². The van der Waals surface area contributed by atoms with Crippen LogP contribution in [0.4, 0.5) is 0 Å². The predicted octanol–water partition coefficient (Wildman–Crippen LogP) is 1.24. The average molecular weight is 342 g/mol. The fourth-order valence-electron chi connectivity index (χ4n) is 1.51. The zero-order chi connectivity index (χ0) is 15.4. The number of methoxy groups -OCH3 is 1. The minimum absolute atomic E-state index is 0.0302. The first kappa shape index (κ1) is 17.4. The molecular weight excluding hydrogens is 326 g/mol. The molecular formula is C11H16ClNO5S2. The third kappa shape index (κ3) is 5.37. The molecule has 1 rings (SSSR count). The summed E-state index contributed by atoms with van der Waals surface area (Å²) in [5.41, 5.74) is 0.634. The Morgan fingerprint density at radius 3 is 2.20 bits per heavy atom. The maximum absolute atomic E-state index is 11.7. The number of sulfonamides is 1. The number of rotatable bonds is 7. The Bertz CT molecular complexity index is 640. The number of ether oxygens (including phenoxy) is 1. The Labute approximate surface area is 123 Å². The molecule has 0 amide bonds. The van der Waals surface area contributed by atoms with E-state index in [4.69, 9.17) is 15.4 Å². The first-order valence-electron chi connectivity index (χ1n) is 5.69. The van der Waals surface area contributed by atoms with Crippen molar-refractivity contribution in [2.75, 3.05) is 19.5 Å². The van der Waals surface area contributed by atoms with Crippen molar-refractivity contribution in [1.29, 1.82) is 0 Å². The SMILES string of the molecule is COCCS(=O)(=O)NC(C)c1ccc(S(=O)(=O)Cl)cc1. The molecule has 1 atom stereocenters. The van der Waals surface area contributed by atoms with Gasteiger partial charge in [0.05, 0.1) is 17.3 Å². The van der Waals surface area contributed by atoms with Gasteiger partial charge in [-0.3, -0.25) is 0 Å². The summed E-state index contributed by atoms with van der Waals surface area (Å²) in [6.07, 6.45) is 0. The monoisotopic (exact) mass is 341 g/mol. The van der Waals surface area contributed by atoms with Gasteiger partial charge in [-0.25, -0.2) is 21.6 Å². The minimum atomic E-state index is -3.78. The van der Waals surface area contributed by atoms with Gasteiger partial charge < -0.3 is 4.74 Å². The van der Waals surface area contributed by atoms with E-state index in [-0.39, 0.29) is 17.3 Å². The summed E-state index contributed by atoms with van der Waals surface area (Å²) >= 11 is 0. The van der Waals surface area contributed by atoms with E-state index in [1.54, 1.807) is 6.92 Å². The molecule has 0 bridgehead atoms. The quantitative estimate of drug-likeness (QED) is 0.754. The van der Waals surface area contributed by atoms with Gasteiger partial charge in [0.1, 0.15) is 0 Å². The number of nitrogens with one attached hydrogen (secondary N) is 1. The molecule has 0 spiro atoms. The van der Waals surface area contributed by atoms with Crippen molar-refractivity contribution in [1.82, 2.24) is 4.72 Å². The summed E-state index contributed by atoms with van der Waals surface area (Å²) in [6.45, 7) is 1.76. The second kappa shape index (κ2) is 6.86. The average Bonchev–Trinajstić information content (AvgIpc) is 2.35. The Balaban J connectivity index is 2.81. The fourth-order valence-corrected chi connectivity index (χ4v) is 3.46. The summed E-state index contributed by atoms with van der Waals surface area (Å²) in [5.74, 6) is -0.137. The van der Waals surface area contributed by atoms with Crippen molar-refractivity contribution in [3.63, 3.8) is 0 Å². The third-order valence-electron chi connectivity index (χ3n) is 2.57. The standard InChI is InChI=1S/C11H16ClNO5S2/c1-9(13-19(14,15)8-7-18-2)10-3-5-11(6-4-10)20(12,16)17/h3-6,9,13H,7-8H2,1-2H3. The molecule has 0 aliphatic rings. The number of halogens is 1. The van der Waals surface area contributed by atoms with Gasteiger partial charge in [0.2, 0.25) is 10.0 Å². The highest BCUT2D eigenvalue weighted by atomic mass is 35.7. The molecule has 20 heavy (non-hydrogen) atoms. The molecule has 9 heteroatoms. The van der Waals surface area contributed by atoms with Crippen LogP contribution in [0.5, 0.6) is 0 Å². The van der Waals surface area contributed by atoms with Crippen molar-refractivity contribution in [2.45, 2.75) is 17.9 Å². The van der Waals surface area contributed by atoms with E-state index in [0.717, 1.165) is 0 Å². The Kier molecular flexibility index (Phi) is 5.96. The van der Waals surface area contributed by atoms with Crippen LogP contribution in [-0.2, 0) is 23.8 Å². The van der Waals surface area contributed by atoms with E-state index in [1.165, 1.54) is 31.4 Å². The van der Waals surface area contributed by atoms with Crippen LogP contribution in [-0.4, -0.2) is 36.3 Å². The minimum Gasteiger partial charge on any atom is -0.384 e. The highest BCUT2D eigenvalue weighted by molar-refractivity contribution is 8.13. The van der Waals surface area contributed by atoms with Crippen LogP contribution in [0.15, 0.2) is 29.2 Å². The third-order valence-corrected chi connectivity index (χ3v) is 5.36. The summed E-state index contributed by atoms with van der Waals surface area (Å²) in [6, 6.07) is 5.20. The van der Waals surface area contributed by atoms with E-state index in [9.17, 15) is 16.8 Å². The Morgan fingerprint density at radius 2 is 1.75 bits per heavy atom. The van der Waals surface area contributed by atoms with Crippen LogP contribution >= 0.6 is 10.7 Å². The summed E-state index contributed by atoms with van der Waals surface area (Å²) < 4.78 is 52.8. The van der Waals surface area contributed by atoms with Gasteiger partial charge >= 0.3 is 0 Å². The maximum atomic E-state index is 11.7. The molecule has 1 aromatic rings. The molecule has 0 saturated carbocycles. The largest absolute Gasteiger partial charge is 0.384 e. The van der Waals surface area contributed by atoms with Crippen molar-refractivity contribution < 1.29 is 21.6 Å². The second-order valence-electron chi connectivity index (χ2n) is 4.16. The fraction of sp³-hybridized carbons (Fsp3) is 0.455. The smallest absolute Gasteiger partial charge is 0.261 e. The number of benzene rings is 1. The van der Waals surface area contributed by atoms with Crippen molar-refractivity contribution in [3.05, 3.63) is 29.8 Å². The molecule has 0 aliphatic carbocycles. The molecule has 114 valence electrons. The summed E-state index contributed by atoms with van der Waals surface area (Å²) in [4.78, 5) is -0.0302. The zero-order valence-electron chi connectivity index (χ0n) is 11.0. The lowest BCUT2D eigenvalue weighted by atomic mass is 10.1. The molecule has 0 aromatic heterocycles. The molecule has 0 heterocycles. The van der Waals surface area contributed by atoms with Crippen LogP contribution in [0.25, 0.3) is 0 Å². The first-order valence-corrected chi connectivity index (χ1v) is 9.65. The maximum Gasteiger partial charge on any atom is 0.261 e. The lowest BCUT2D eigenvalue weighted by Gasteiger charge is -2.14. The molecule has 1 aromatic carbocycles. The molecule has 0 fully saturated rings. The summed E-state index contributed by atoms with van der Waals surface area (Å²) in [7, 11) is -0.602. The van der Waals surface area contributed by atoms with E-state index >= 15 is 0 Å². The van der Waals surface area contributed by atoms with Gasteiger partial charge in [-0.1, -0.05) is 12.1 Å². The molecule has 0 saturated heterocycles. The Hall–Kier alpha value is -0.670. The Morgan fingerprint density at radius 1 is 1.20 bits per heavy atom.